The lowest BCUT2D eigenvalue weighted by Gasteiger charge is -2.12. The van der Waals surface area contributed by atoms with E-state index in [1.54, 1.807) is 67.2 Å². The number of rotatable bonds is 8. The third-order valence-corrected chi connectivity index (χ3v) is 5.93. The number of anilines is 1. The second-order valence-electron chi connectivity index (χ2n) is 7.05. The molecule has 1 amide bonds. The lowest BCUT2D eigenvalue weighted by Crippen LogP contribution is -2.23. The number of nitrogens with zero attached hydrogens (tertiary/aromatic N) is 4. The van der Waals surface area contributed by atoms with Crippen LogP contribution in [0.15, 0.2) is 70.9 Å². The van der Waals surface area contributed by atoms with Crippen LogP contribution in [0.5, 0.6) is 11.5 Å². The zero-order valence-corrected chi connectivity index (χ0v) is 19.2. The lowest BCUT2D eigenvalue weighted by atomic mass is 10.3. The largest absolute Gasteiger partial charge is 0.497 e. The average molecular weight is 466 g/mol. The van der Waals surface area contributed by atoms with Crippen molar-refractivity contribution in [3.63, 3.8) is 0 Å². The van der Waals surface area contributed by atoms with Gasteiger partial charge < -0.3 is 14.8 Å². The summed E-state index contributed by atoms with van der Waals surface area (Å²) in [6.07, 6.45) is 3.37. The van der Waals surface area contributed by atoms with E-state index < -0.39 is 5.25 Å². The molecule has 170 valence electrons. The minimum atomic E-state index is -0.465. The van der Waals surface area contributed by atoms with E-state index in [0.29, 0.717) is 28.9 Å². The molecule has 33 heavy (non-hydrogen) atoms. The van der Waals surface area contributed by atoms with Gasteiger partial charge in [0.1, 0.15) is 11.5 Å². The summed E-state index contributed by atoms with van der Waals surface area (Å²) in [6, 6.07) is 14.3. The van der Waals surface area contributed by atoms with Crippen LogP contribution < -0.4 is 20.3 Å². The van der Waals surface area contributed by atoms with Crippen LogP contribution in [0.4, 0.5) is 5.69 Å². The summed E-state index contributed by atoms with van der Waals surface area (Å²) in [5.74, 6) is 1.25. The molecular weight excluding hydrogens is 442 g/mol. The third-order valence-electron chi connectivity index (χ3n) is 4.87. The molecule has 2 heterocycles. The molecule has 10 heteroatoms. The van der Waals surface area contributed by atoms with E-state index in [0.717, 1.165) is 5.75 Å². The van der Waals surface area contributed by atoms with Crippen LogP contribution in [-0.4, -0.2) is 44.0 Å². The number of hydrogen-bond acceptors (Lipinski definition) is 7. The Kier molecular flexibility index (Phi) is 6.64. The number of hydrogen-bond donors (Lipinski definition) is 1. The monoisotopic (exact) mass is 465 g/mol. The molecule has 0 bridgehead atoms. The summed E-state index contributed by atoms with van der Waals surface area (Å²) in [7, 11) is 1.59. The molecule has 0 aliphatic rings. The topological polar surface area (TPSA) is 99.8 Å². The second kappa shape index (κ2) is 9.78. The molecule has 0 aliphatic heterocycles. The maximum Gasteiger partial charge on any atom is 0.300 e. The van der Waals surface area contributed by atoms with Gasteiger partial charge >= 0.3 is 5.56 Å². The highest BCUT2D eigenvalue weighted by Crippen LogP contribution is 2.23. The minimum absolute atomic E-state index is 0.177. The molecule has 0 spiro atoms. The quantitative estimate of drug-likeness (QED) is 0.398. The van der Waals surface area contributed by atoms with Gasteiger partial charge in [0.15, 0.2) is 5.16 Å². The Morgan fingerprint density at radius 3 is 2.42 bits per heavy atom. The van der Waals surface area contributed by atoms with Gasteiger partial charge in [0.2, 0.25) is 11.6 Å². The Labute approximate surface area is 194 Å². The average Bonchev–Trinajstić information content (AvgIpc) is 3.24. The second-order valence-corrected chi connectivity index (χ2v) is 8.36. The van der Waals surface area contributed by atoms with Crippen molar-refractivity contribution >= 4 is 29.0 Å². The molecule has 0 unspecified atom stereocenters. The molecule has 4 aromatic rings. The van der Waals surface area contributed by atoms with Crippen molar-refractivity contribution < 1.29 is 14.3 Å². The van der Waals surface area contributed by atoms with Crippen LogP contribution in [0.1, 0.15) is 13.8 Å². The van der Waals surface area contributed by atoms with E-state index in [2.05, 4.69) is 15.5 Å². The van der Waals surface area contributed by atoms with Crippen LogP contribution in [-0.2, 0) is 4.79 Å². The zero-order chi connectivity index (χ0) is 23.4. The first-order valence-electron chi connectivity index (χ1n) is 10.3. The van der Waals surface area contributed by atoms with Crippen LogP contribution in [0.3, 0.4) is 0 Å². The van der Waals surface area contributed by atoms with Gasteiger partial charge in [0, 0.05) is 23.8 Å². The Balaban J connectivity index is 1.51. The molecule has 1 N–H and O–H groups in total. The van der Waals surface area contributed by atoms with Gasteiger partial charge in [-0.05, 0) is 62.4 Å². The normalized spacial score (nSPS) is 11.8. The summed E-state index contributed by atoms with van der Waals surface area (Å²) in [5, 5.41) is 11.0. The van der Waals surface area contributed by atoms with Gasteiger partial charge in [-0.3, -0.25) is 18.6 Å². The number of amides is 1. The van der Waals surface area contributed by atoms with Crippen molar-refractivity contribution in [1.82, 2.24) is 19.2 Å². The Morgan fingerprint density at radius 1 is 1.06 bits per heavy atom. The van der Waals surface area contributed by atoms with Crippen molar-refractivity contribution in [2.24, 2.45) is 0 Å². The van der Waals surface area contributed by atoms with E-state index in [4.69, 9.17) is 9.47 Å². The van der Waals surface area contributed by atoms with Crippen LogP contribution in [0.2, 0.25) is 0 Å². The van der Waals surface area contributed by atoms with E-state index in [1.807, 2.05) is 19.1 Å². The highest BCUT2D eigenvalue weighted by Gasteiger charge is 2.19. The van der Waals surface area contributed by atoms with Crippen molar-refractivity contribution in [3.8, 4) is 17.2 Å². The molecule has 9 nitrogen and oxygen atoms in total. The van der Waals surface area contributed by atoms with Crippen molar-refractivity contribution in [2.75, 3.05) is 19.0 Å². The van der Waals surface area contributed by atoms with Gasteiger partial charge in [0.05, 0.1) is 19.0 Å². The lowest BCUT2D eigenvalue weighted by molar-refractivity contribution is -0.115. The first kappa shape index (κ1) is 22.4. The van der Waals surface area contributed by atoms with Gasteiger partial charge in [-0.25, -0.2) is 0 Å². The summed E-state index contributed by atoms with van der Waals surface area (Å²) in [6.45, 7) is 4.25. The van der Waals surface area contributed by atoms with Crippen molar-refractivity contribution in [3.05, 3.63) is 71.3 Å². The Hall–Kier alpha value is -3.79. The summed E-state index contributed by atoms with van der Waals surface area (Å²) in [5.41, 5.74) is 1.22. The first-order chi connectivity index (χ1) is 16.0. The minimum Gasteiger partial charge on any atom is -0.497 e. The smallest absolute Gasteiger partial charge is 0.300 e. The van der Waals surface area contributed by atoms with E-state index in [9.17, 15) is 9.59 Å². The number of nitrogens with one attached hydrogen (secondary N) is 1. The maximum absolute atomic E-state index is 13.0. The van der Waals surface area contributed by atoms with E-state index in [1.165, 1.54) is 16.3 Å². The molecular formula is C23H23N5O4S. The molecule has 0 saturated carbocycles. The van der Waals surface area contributed by atoms with Gasteiger partial charge in [-0.15, -0.1) is 10.2 Å². The molecule has 2 aromatic carbocycles. The van der Waals surface area contributed by atoms with E-state index >= 15 is 0 Å². The number of aromatic nitrogens is 4. The number of fused-ring (bicyclic) bond motifs is 1. The fourth-order valence-electron chi connectivity index (χ4n) is 3.15. The predicted octanol–water partition coefficient (Wildman–Crippen LogP) is 3.41. The molecule has 2 aromatic heterocycles. The molecule has 0 saturated heterocycles. The van der Waals surface area contributed by atoms with Gasteiger partial charge in [-0.1, -0.05) is 11.8 Å². The summed E-state index contributed by atoms with van der Waals surface area (Å²) < 4.78 is 13.7. The van der Waals surface area contributed by atoms with Gasteiger partial charge in [0.25, 0.3) is 0 Å². The molecule has 4 rings (SSSR count). The number of ether oxygens (including phenoxy) is 2. The maximum atomic E-state index is 13.0. The van der Waals surface area contributed by atoms with Crippen molar-refractivity contribution in [1.29, 1.82) is 0 Å². The Bertz CT molecular complexity index is 1320. The fourth-order valence-corrected chi connectivity index (χ4v) is 3.98. The van der Waals surface area contributed by atoms with Crippen LogP contribution in [0, 0.1) is 0 Å². The van der Waals surface area contributed by atoms with E-state index in [-0.39, 0.29) is 17.1 Å². The SMILES string of the molecule is CCOc1ccc(-n2ccn3c(S[C@@H](C)C(=O)Nc4ccc(OC)cc4)nnc3c2=O)cc1. The zero-order valence-electron chi connectivity index (χ0n) is 18.4. The standard InChI is InChI=1S/C23H23N5O4S/c1-4-32-19-11-7-17(8-12-19)27-13-14-28-20(22(27)30)25-26-23(28)33-15(2)21(29)24-16-5-9-18(31-3)10-6-16/h5-15H,4H2,1-3H3,(H,24,29)/t15-/m0/s1. The molecule has 0 fully saturated rings. The number of benzene rings is 2. The molecule has 1 atom stereocenters. The van der Waals surface area contributed by atoms with Gasteiger partial charge in [-0.2, -0.15) is 0 Å². The van der Waals surface area contributed by atoms with Crippen molar-refractivity contribution in [2.45, 2.75) is 24.3 Å². The molecule has 0 aliphatic carbocycles. The number of carbonyl (C=O) groups excluding carboxylic acids is 1. The fraction of sp³-hybridized carbons (Fsp3) is 0.217. The van der Waals surface area contributed by atoms with Crippen LogP contribution in [0.25, 0.3) is 11.3 Å². The highest BCUT2D eigenvalue weighted by atomic mass is 32.2. The van der Waals surface area contributed by atoms with Crippen LogP contribution >= 0.6 is 11.8 Å². The number of thioether (sulfide) groups is 1. The summed E-state index contributed by atoms with van der Waals surface area (Å²) in [4.78, 5) is 25.6. The third kappa shape index (κ3) is 4.85. The Morgan fingerprint density at radius 2 is 1.76 bits per heavy atom. The highest BCUT2D eigenvalue weighted by molar-refractivity contribution is 8.00. The molecule has 0 radical (unpaired) electrons. The number of methoxy groups -OCH3 is 1. The predicted molar refractivity (Wildman–Crippen MR) is 127 cm³/mol. The summed E-state index contributed by atoms with van der Waals surface area (Å²) >= 11 is 1.22. The first-order valence-corrected chi connectivity index (χ1v) is 11.2. The number of carbonyl (C=O) groups is 1.